The second kappa shape index (κ2) is 6.70. The van der Waals surface area contributed by atoms with Crippen LogP contribution < -0.4 is 5.73 Å². The van der Waals surface area contributed by atoms with Gasteiger partial charge in [-0.05, 0) is 56.3 Å². The molecule has 0 spiro atoms. The summed E-state index contributed by atoms with van der Waals surface area (Å²) in [5.41, 5.74) is 11.8. The first-order valence-electron chi connectivity index (χ1n) is 7.56. The van der Waals surface area contributed by atoms with Gasteiger partial charge in [-0.2, -0.15) is 0 Å². The Morgan fingerprint density at radius 3 is 2.55 bits per heavy atom. The van der Waals surface area contributed by atoms with Gasteiger partial charge in [-0.15, -0.1) is 0 Å². The van der Waals surface area contributed by atoms with E-state index in [2.05, 4.69) is 37.8 Å². The van der Waals surface area contributed by atoms with E-state index in [1.165, 1.54) is 28.7 Å². The third-order valence-electron chi connectivity index (χ3n) is 4.34. The maximum absolute atomic E-state index is 6.47. The van der Waals surface area contributed by atoms with Gasteiger partial charge in [0.15, 0.2) is 0 Å². The van der Waals surface area contributed by atoms with Crippen molar-refractivity contribution in [2.75, 3.05) is 33.4 Å². The highest BCUT2D eigenvalue weighted by Crippen LogP contribution is 2.25. The molecule has 0 amide bonds. The van der Waals surface area contributed by atoms with E-state index in [-0.39, 0.29) is 6.04 Å². The second-order valence-corrected chi connectivity index (χ2v) is 6.29. The van der Waals surface area contributed by atoms with Crippen LogP contribution in [0.5, 0.6) is 0 Å². The first-order chi connectivity index (χ1) is 9.51. The number of ether oxygens (including phenoxy) is 1. The SMILES string of the molecule is COCC1CCN(CC(N)c2c(C)cc(C)cc2C)C1. The Bertz CT molecular complexity index is 435. The molecule has 0 aliphatic carbocycles. The van der Waals surface area contributed by atoms with Gasteiger partial charge in [0.1, 0.15) is 0 Å². The van der Waals surface area contributed by atoms with Crippen LogP contribution in [0, 0.1) is 26.7 Å². The van der Waals surface area contributed by atoms with Crippen LogP contribution in [0.2, 0.25) is 0 Å². The van der Waals surface area contributed by atoms with Crippen molar-refractivity contribution >= 4 is 0 Å². The maximum atomic E-state index is 6.47. The second-order valence-electron chi connectivity index (χ2n) is 6.29. The van der Waals surface area contributed by atoms with E-state index in [0.717, 1.165) is 26.2 Å². The Hall–Kier alpha value is -0.900. The molecule has 112 valence electrons. The van der Waals surface area contributed by atoms with E-state index in [9.17, 15) is 0 Å². The average Bonchev–Trinajstić information content (AvgIpc) is 2.75. The highest BCUT2D eigenvalue weighted by Gasteiger charge is 2.24. The molecule has 1 aromatic rings. The van der Waals surface area contributed by atoms with Crippen molar-refractivity contribution < 1.29 is 4.74 Å². The Morgan fingerprint density at radius 1 is 1.30 bits per heavy atom. The molecular formula is C17H28N2O. The zero-order valence-corrected chi connectivity index (χ0v) is 13.3. The van der Waals surface area contributed by atoms with Gasteiger partial charge in [0.25, 0.3) is 0 Å². The van der Waals surface area contributed by atoms with Gasteiger partial charge in [0.2, 0.25) is 0 Å². The van der Waals surface area contributed by atoms with E-state index in [1.54, 1.807) is 7.11 Å². The molecule has 0 aromatic heterocycles. The van der Waals surface area contributed by atoms with E-state index in [0.29, 0.717) is 5.92 Å². The molecule has 1 saturated heterocycles. The van der Waals surface area contributed by atoms with Gasteiger partial charge in [0.05, 0.1) is 6.61 Å². The summed E-state index contributed by atoms with van der Waals surface area (Å²) in [5, 5.41) is 0. The minimum absolute atomic E-state index is 0.108. The molecule has 0 radical (unpaired) electrons. The largest absolute Gasteiger partial charge is 0.384 e. The van der Waals surface area contributed by atoms with Crippen molar-refractivity contribution in [1.29, 1.82) is 0 Å². The number of hydrogen-bond acceptors (Lipinski definition) is 3. The summed E-state index contributed by atoms with van der Waals surface area (Å²) in [5.74, 6) is 0.674. The summed E-state index contributed by atoms with van der Waals surface area (Å²) in [6.45, 7) is 10.6. The quantitative estimate of drug-likeness (QED) is 0.898. The summed E-state index contributed by atoms with van der Waals surface area (Å²) in [7, 11) is 1.79. The molecule has 0 bridgehead atoms. The average molecular weight is 276 g/mol. The fourth-order valence-corrected chi connectivity index (χ4v) is 3.60. The lowest BCUT2D eigenvalue weighted by molar-refractivity contribution is 0.152. The van der Waals surface area contributed by atoms with Gasteiger partial charge >= 0.3 is 0 Å². The first-order valence-corrected chi connectivity index (χ1v) is 7.56. The molecule has 1 heterocycles. The van der Waals surface area contributed by atoms with Crippen molar-refractivity contribution in [3.8, 4) is 0 Å². The highest BCUT2D eigenvalue weighted by atomic mass is 16.5. The van der Waals surface area contributed by atoms with Crippen LogP contribution in [0.4, 0.5) is 0 Å². The van der Waals surface area contributed by atoms with Crippen LogP contribution in [0.1, 0.15) is 34.7 Å². The van der Waals surface area contributed by atoms with Gasteiger partial charge in [0, 0.05) is 26.2 Å². The molecule has 3 nitrogen and oxygen atoms in total. The Kier molecular flexibility index (Phi) is 5.19. The van der Waals surface area contributed by atoms with Crippen LogP contribution in [0.25, 0.3) is 0 Å². The van der Waals surface area contributed by atoms with Crippen molar-refractivity contribution in [2.45, 2.75) is 33.2 Å². The molecule has 20 heavy (non-hydrogen) atoms. The van der Waals surface area contributed by atoms with Crippen LogP contribution in [-0.2, 0) is 4.74 Å². The van der Waals surface area contributed by atoms with Gasteiger partial charge in [-0.25, -0.2) is 0 Å². The number of rotatable bonds is 5. The molecule has 1 aliphatic rings. The Labute approximate surface area is 123 Å². The molecule has 1 fully saturated rings. The van der Waals surface area contributed by atoms with E-state index < -0.39 is 0 Å². The molecule has 2 N–H and O–H groups in total. The number of nitrogens with zero attached hydrogens (tertiary/aromatic N) is 1. The molecule has 1 aliphatic heterocycles. The molecule has 2 rings (SSSR count). The number of likely N-dealkylation sites (tertiary alicyclic amines) is 1. The lowest BCUT2D eigenvalue weighted by Gasteiger charge is -2.24. The minimum atomic E-state index is 0.108. The number of aryl methyl sites for hydroxylation is 3. The van der Waals surface area contributed by atoms with E-state index in [1.807, 2.05) is 0 Å². The predicted molar refractivity (Wildman–Crippen MR) is 84.0 cm³/mol. The van der Waals surface area contributed by atoms with Crippen molar-refractivity contribution in [2.24, 2.45) is 11.7 Å². The Morgan fingerprint density at radius 2 is 1.95 bits per heavy atom. The summed E-state index contributed by atoms with van der Waals surface area (Å²) in [6, 6.07) is 4.58. The topological polar surface area (TPSA) is 38.5 Å². The fraction of sp³-hybridized carbons (Fsp3) is 0.647. The highest BCUT2D eigenvalue weighted by molar-refractivity contribution is 5.39. The number of methoxy groups -OCH3 is 1. The van der Waals surface area contributed by atoms with Gasteiger partial charge in [-0.3, -0.25) is 0 Å². The van der Waals surface area contributed by atoms with E-state index in [4.69, 9.17) is 10.5 Å². The van der Waals surface area contributed by atoms with Crippen LogP contribution >= 0.6 is 0 Å². The lowest BCUT2D eigenvalue weighted by Crippen LogP contribution is -2.31. The monoisotopic (exact) mass is 276 g/mol. The summed E-state index contributed by atoms with van der Waals surface area (Å²) in [4.78, 5) is 2.48. The van der Waals surface area contributed by atoms with E-state index >= 15 is 0 Å². The van der Waals surface area contributed by atoms with Crippen LogP contribution in [0.3, 0.4) is 0 Å². The third-order valence-corrected chi connectivity index (χ3v) is 4.34. The summed E-state index contributed by atoms with van der Waals surface area (Å²) >= 11 is 0. The van der Waals surface area contributed by atoms with Crippen LogP contribution in [-0.4, -0.2) is 38.3 Å². The third kappa shape index (κ3) is 3.60. The summed E-state index contributed by atoms with van der Waals surface area (Å²) < 4.78 is 5.26. The Balaban J connectivity index is 2.01. The molecular weight excluding hydrogens is 248 g/mol. The van der Waals surface area contributed by atoms with Gasteiger partial charge in [-0.1, -0.05) is 17.7 Å². The molecule has 2 atom stereocenters. The lowest BCUT2D eigenvalue weighted by atomic mass is 9.94. The fourth-order valence-electron chi connectivity index (χ4n) is 3.60. The normalized spacial score (nSPS) is 21.4. The standard InChI is InChI=1S/C17H28N2O/c1-12-7-13(2)17(14(3)8-12)16(18)10-19-6-5-15(9-19)11-20-4/h7-8,15-16H,5-6,9-11,18H2,1-4H3. The smallest absolute Gasteiger partial charge is 0.0503 e. The molecule has 1 aromatic carbocycles. The minimum Gasteiger partial charge on any atom is -0.384 e. The number of nitrogens with two attached hydrogens (primary N) is 1. The molecule has 2 unspecified atom stereocenters. The van der Waals surface area contributed by atoms with Crippen molar-refractivity contribution in [1.82, 2.24) is 4.90 Å². The van der Waals surface area contributed by atoms with Crippen molar-refractivity contribution in [3.05, 3.63) is 34.4 Å². The zero-order valence-electron chi connectivity index (χ0n) is 13.3. The van der Waals surface area contributed by atoms with Gasteiger partial charge < -0.3 is 15.4 Å². The molecule has 3 heteroatoms. The number of benzene rings is 1. The zero-order chi connectivity index (χ0) is 14.7. The van der Waals surface area contributed by atoms with Crippen molar-refractivity contribution in [3.63, 3.8) is 0 Å². The van der Waals surface area contributed by atoms with Crippen LogP contribution in [0.15, 0.2) is 12.1 Å². The maximum Gasteiger partial charge on any atom is 0.0503 e. The predicted octanol–water partition coefficient (Wildman–Crippen LogP) is 2.58. The molecule has 0 saturated carbocycles. The summed E-state index contributed by atoms with van der Waals surface area (Å²) in [6.07, 6.45) is 1.23. The first kappa shape index (κ1) is 15.5. The number of hydrogen-bond donors (Lipinski definition) is 1.